The molecule has 1 saturated heterocycles. The molecule has 5 rings (SSSR count). The monoisotopic (exact) mass is 352 g/mol. The van der Waals surface area contributed by atoms with E-state index in [2.05, 4.69) is 18.2 Å². The van der Waals surface area contributed by atoms with Crippen molar-refractivity contribution in [1.29, 1.82) is 0 Å². The molecule has 2 nitrogen and oxygen atoms in total. The number of fused-ring (bicyclic) bond motifs is 5. The van der Waals surface area contributed by atoms with E-state index in [1.165, 1.54) is 0 Å². The highest BCUT2D eigenvalue weighted by atomic mass is 31.2. The highest BCUT2D eigenvalue weighted by Crippen LogP contribution is 2.78. The number of benzene rings is 2. The molecule has 0 saturated carbocycles. The molecule has 2 unspecified atom stereocenters. The Morgan fingerprint density at radius 2 is 1.25 bits per heavy atom. The second kappa shape index (κ2) is 4.94. The first kappa shape index (κ1) is 14.7. The fourth-order valence-corrected chi connectivity index (χ4v) is 13.2. The summed E-state index contributed by atoms with van der Waals surface area (Å²) in [4.78, 5) is 0. The predicted octanol–water partition coefficient (Wildman–Crippen LogP) is 4.20. The van der Waals surface area contributed by atoms with Crippen LogP contribution in [-0.4, -0.2) is 17.0 Å². The van der Waals surface area contributed by atoms with E-state index in [0.717, 1.165) is 10.6 Å². The van der Waals surface area contributed by atoms with E-state index in [4.69, 9.17) is 0 Å². The van der Waals surface area contributed by atoms with E-state index >= 15 is 0 Å². The summed E-state index contributed by atoms with van der Waals surface area (Å²) in [6.07, 6.45) is 6.29. The molecule has 2 aromatic carbocycles. The molecule has 0 N–H and O–H groups in total. The van der Waals surface area contributed by atoms with Gasteiger partial charge >= 0.3 is 0 Å². The Morgan fingerprint density at radius 3 is 1.92 bits per heavy atom. The lowest BCUT2D eigenvalue weighted by Gasteiger charge is -2.26. The van der Waals surface area contributed by atoms with Gasteiger partial charge in [-0.3, -0.25) is 0 Å². The third kappa shape index (κ3) is 1.69. The molecule has 0 aromatic heterocycles. The lowest BCUT2D eigenvalue weighted by molar-refractivity contribution is 0.563. The van der Waals surface area contributed by atoms with Crippen LogP contribution in [0.2, 0.25) is 0 Å². The van der Waals surface area contributed by atoms with Crippen molar-refractivity contribution in [3.63, 3.8) is 0 Å². The molecule has 3 heterocycles. The molecule has 6 atom stereocenters. The van der Waals surface area contributed by atoms with Crippen molar-refractivity contribution in [2.45, 2.75) is 17.0 Å². The predicted molar refractivity (Wildman–Crippen MR) is 100 cm³/mol. The van der Waals surface area contributed by atoms with Gasteiger partial charge in [-0.05, 0) is 5.82 Å². The summed E-state index contributed by atoms with van der Waals surface area (Å²) >= 11 is 0. The Bertz CT molecular complexity index is 946. The lowest BCUT2D eigenvalue weighted by Crippen LogP contribution is -2.27. The molecule has 0 radical (unpaired) electrons. The van der Waals surface area contributed by atoms with Crippen molar-refractivity contribution >= 4 is 24.9 Å². The minimum absolute atomic E-state index is 0.00527. The van der Waals surface area contributed by atoms with E-state index in [0.29, 0.717) is 0 Å². The van der Waals surface area contributed by atoms with Crippen LogP contribution in [0.25, 0.3) is 0 Å². The van der Waals surface area contributed by atoms with Crippen molar-refractivity contribution < 1.29 is 9.13 Å². The smallest absolute Gasteiger partial charge is 0.140 e. The van der Waals surface area contributed by atoms with Crippen molar-refractivity contribution in [2.24, 2.45) is 5.92 Å². The summed E-state index contributed by atoms with van der Waals surface area (Å²) in [6.45, 7) is 0. The van der Waals surface area contributed by atoms with Crippen LogP contribution >= 0.6 is 14.3 Å². The van der Waals surface area contributed by atoms with Gasteiger partial charge in [0.2, 0.25) is 0 Å². The van der Waals surface area contributed by atoms with Crippen LogP contribution in [-0.2, 0) is 9.13 Å². The van der Waals surface area contributed by atoms with Crippen molar-refractivity contribution in [1.82, 2.24) is 0 Å². The minimum atomic E-state index is -2.67. The van der Waals surface area contributed by atoms with Gasteiger partial charge in [-0.25, -0.2) is 0 Å². The normalized spacial score (nSPS) is 41.7. The van der Waals surface area contributed by atoms with Crippen LogP contribution < -0.4 is 10.6 Å². The van der Waals surface area contributed by atoms with Crippen LogP contribution in [0.1, 0.15) is 0 Å². The van der Waals surface area contributed by atoms with E-state index in [1.54, 1.807) is 0 Å². The summed E-state index contributed by atoms with van der Waals surface area (Å²) < 4.78 is 27.9. The van der Waals surface area contributed by atoms with Crippen LogP contribution in [0, 0.1) is 5.92 Å². The van der Waals surface area contributed by atoms with E-state index in [-0.39, 0.29) is 22.9 Å². The third-order valence-corrected chi connectivity index (χ3v) is 13.2. The number of hydrogen-bond donors (Lipinski definition) is 0. The van der Waals surface area contributed by atoms with Gasteiger partial charge in [0.05, 0.1) is 0 Å². The third-order valence-electron chi connectivity index (χ3n) is 5.82. The minimum Gasteiger partial charge on any atom is -0.317 e. The second-order valence-corrected chi connectivity index (χ2v) is 12.8. The van der Waals surface area contributed by atoms with Crippen molar-refractivity contribution in [3.8, 4) is 0 Å². The molecular formula is C20H18O2P2. The Kier molecular flexibility index (Phi) is 3.03. The van der Waals surface area contributed by atoms with Crippen LogP contribution in [0.15, 0.2) is 84.7 Å². The molecular weight excluding hydrogens is 334 g/mol. The zero-order chi connectivity index (χ0) is 16.4. The zero-order valence-corrected chi connectivity index (χ0v) is 14.9. The highest BCUT2D eigenvalue weighted by molar-refractivity contribution is 7.79. The quantitative estimate of drug-likeness (QED) is 0.600. The second-order valence-electron chi connectivity index (χ2n) is 6.87. The maximum absolute atomic E-state index is 14.1. The van der Waals surface area contributed by atoms with Gasteiger partial charge in [0.15, 0.2) is 0 Å². The number of allylic oxidation sites excluding steroid dienone is 3. The first-order valence-corrected chi connectivity index (χ1v) is 12.0. The average molecular weight is 352 g/mol. The fraction of sp³-hybridized carbons (Fsp3) is 0.200. The van der Waals surface area contributed by atoms with Gasteiger partial charge in [0.25, 0.3) is 0 Å². The topological polar surface area (TPSA) is 34.1 Å². The summed E-state index contributed by atoms with van der Waals surface area (Å²) in [5.41, 5.74) is -0.137. The van der Waals surface area contributed by atoms with Crippen molar-refractivity contribution in [3.05, 3.63) is 84.7 Å². The maximum atomic E-state index is 14.1. The molecule has 0 amide bonds. The van der Waals surface area contributed by atoms with Crippen LogP contribution in [0.5, 0.6) is 0 Å². The first-order valence-electron chi connectivity index (χ1n) is 8.33. The molecule has 3 aliphatic rings. The standard InChI is InChI=1S/C20H18O2P2/c21-23(15-7-3-1-4-8-15)14-13-17-18-11-12-19(20(17)23)24(18,22)16-9-5-2-6-10-16/h1-14,17-20H/t17-,18+,19-,20-,23?,24?/m0/s1. The molecule has 0 spiro atoms. The van der Waals surface area contributed by atoms with E-state index < -0.39 is 14.3 Å². The van der Waals surface area contributed by atoms with Gasteiger partial charge in [-0.2, -0.15) is 0 Å². The summed E-state index contributed by atoms with van der Waals surface area (Å²) in [5.74, 6) is 2.07. The van der Waals surface area contributed by atoms with Gasteiger partial charge in [0, 0.05) is 33.5 Å². The Labute approximate surface area is 142 Å². The zero-order valence-electron chi connectivity index (χ0n) is 13.1. The fourth-order valence-electron chi connectivity index (χ4n) is 4.80. The molecule has 4 heteroatoms. The van der Waals surface area contributed by atoms with E-state index in [1.807, 2.05) is 66.5 Å². The molecule has 24 heavy (non-hydrogen) atoms. The lowest BCUT2D eigenvalue weighted by atomic mass is 9.94. The van der Waals surface area contributed by atoms with Gasteiger partial charge in [-0.15, -0.1) is 0 Å². The van der Waals surface area contributed by atoms with Gasteiger partial charge < -0.3 is 9.13 Å². The van der Waals surface area contributed by atoms with Crippen LogP contribution in [0.4, 0.5) is 0 Å². The van der Waals surface area contributed by atoms with Crippen LogP contribution in [0.3, 0.4) is 0 Å². The number of hydrogen-bond acceptors (Lipinski definition) is 2. The maximum Gasteiger partial charge on any atom is 0.140 e. The highest BCUT2D eigenvalue weighted by Gasteiger charge is 2.65. The molecule has 0 aliphatic carbocycles. The molecule has 3 aliphatic heterocycles. The summed E-state index contributed by atoms with van der Waals surface area (Å²) in [6, 6.07) is 19.6. The molecule has 2 bridgehead atoms. The Hall–Kier alpha value is -1.62. The SMILES string of the molecule is O=P1(c2ccccc2)C=C[C@@H]2[C@H]1[C@@H]1C=C[C@H]2P1(=O)c1ccccc1. The molecule has 1 fully saturated rings. The Balaban J connectivity index is 1.66. The number of rotatable bonds is 2. The molecule has 120 valence electrons. The van der Waals surface area contributed by atoms with Gasteiger partial charge in [0.1, 0.15) is 14.3 Å². The molecule has 2 aromatic rings. The van der Waals surface area contributed by atoms with Gasteiger partial charge in [-0.1, -0.05) is 78.9 Å². The Morgan fingerprint density at radius 1 is 0.667 bits per heavy atom. The van der Waals surface area contributed by atoms with E-state index in [9.17, 15) is 9.13 Å². The average Bonchev–Trinajstić information content (AvgIpc) is 3.25. The summed E-state index contributed by atoms with van der Waals surface area (Å²) in [7, 11) is -5.28. The van der Waals surface area contributed by atoms with Crippen molar-refractivity contribution in [2.75, 3.05) is 0 Å². The first-order chi connectivity index (χ1) is 11.7. The largest absolute Gasteiger partial charge is 0.317 e. The summed E-state index contributed by atoms with van der Waals surface area (Å²) in [5, 5.41) is 1.83.